The number of carbonyl (C=O) groups is 2. The van der Waals surface area contributed by atoms with Gasteiger partial charge in [-0.15, -0.1) is 0 Å². The van der Waals surface area contributed by atoms with E-state index in [9.17, 15) is 19.9 Å². The molecule has 1 aliphatic carbocycles. The topological polar surface area (TPSA) is 112 Å². The van der Waals surface area contributed by atoms with E-state index in [-0.39, 0.29) is 23.2 Å². The number of ether oxygens (including phenoxy) is 2. The molecular weight excluding hydrogens is 364 g/mol. The number of amides is 1. The summed E-state index contributed by atoms with van der Waals surface area (Å²) in [6, 6.07) is 1.24. The lowest BCUT2D eigenvalue weighted by Gasteiger charge is -2.30. The Morgan fingerprint density at radius 2 is 2.11 bits per heavy atom. The van der Waals surface area contributed by atoms with Crippen molar-refractivity contribution < 1.29 is 28.9 Å². The Hall–Kier alpha value is -2.35. The molecule has 156 valence electrons. The van der Waals surface area contributed by atoms with Crippen molar-refractivity contribution in [2.24, 2.45) is 11.8 Å². The van der Waals surface area contributed by atoms with Gasteiger partial charge in [0, 0.05) is 6.07 Å². The van der Waals surface area contributed by atoms with Crippen LogP contribution in [0.15, 0.2) is 12.3 Å². The zero-order chi connectivity index (χ0) is 20.9. The minimum atomic E-state index is -1.34. The van der Waals surface area contributed by atoms with Crippen molar-refractivity contribution in [1.82, 2.24) is 5.32 Å². The number of nitrogens with one attached hydrogen (secondary N) is 1. The first-order valence-corrected chi connectivity index (χ1v) is 9.62. The number of aromatic nitrogens is 1. The van der Waals surface area contributed by atoms with Gasteiger partial charge in [-0.05, 0) is 25.7 Å². The summed E-state index contributed by atoms with van der Waals surface area (Å²) in [6.45, 7) is 5.59. The fourth-order valence-electron chi connectivity index (χ4n) is 3.62. The zero-order valence-electron chi connectivity index (χ0n) is 16.9. The summed E-state index contributed by atoms with van der Waals surface area (Å²) in [5, 5.41) is 24.5. The number of aldehydes is 1. The van der Waals surface area contributed by atoms with Crippen molar-refractivity contribution >= 4 is 12.2 Å². The maximum atomic E-state index is 12.6. The highest BCUT2D eigenvalue weighted by molar-refractivity contribution is 5.96. The van der Waals surface area contributed by atoms with Gasteiger partial charge in [0.05, 0.1) is 19.8 Å². The van der Waals surface area contributed by atoms with Gasteiger partial charge < -0.3 is 29.9 Å². The lowest BCUT2D eigenvalue weighted by Crippen LogP contribution is -2.54. The molecule has 0 aromatic carbocycles. The van der Waals surface area contributed by atoms with Crippen LogP contribution in [0.5, 0.6) is 11.5 Å². The molecule has 8 heteroatoms. The molecule has 1 amide bonds. The van der Waals surface area contributed by atoms with Crippen LogP contribution in [0.2, 0.25) is 0 Å². The third-order valence-corrected chi connectivity index (χ3v) is 5.66. The third kappa shape index (κ3) is 4.92. The predicted molar refractivity (Wildman–Crippen MR) is 102 cm³/mol. The Kier molecular flexibility index (Phi) is 7.23. The highest BCUT2D eigenvalue weighted by atomic mass is 16.5. The number of rotatable bonds is 9. The van der Waals surface area contributed by atoms with E-state index in [0.29, 0.717) is 18.1 Å². The van der Waals surface area contributed by atoms with E-state index in [4.69, 9.17) is 9.47 Å². The van der Waals surface area contributed by atoms with E-state index in [0.717, 1.165) is 6.20 Å². The summed E-state index contributed by atoms with van der Waals surface area (Å²) in [5.74, 6) is -0.531. The lowest BCUT2D eigenvalue weighted by atomic mass is 9.88. The van der Waals surface area contributed by atoms with E-state index in [1.54, 1.807) is 0 Å². The normalized spacial score (nSPS) is 18.9. The molecule has 0 radical (unpaired) electrons. The van der Waals surface area contributed by atoms with Crippen molar-refractivity contribution in [1.29, 1.82) is 0 Å². The average molecular weight is 394 g/mol. The fraction of sp³-hybridized carbons (Fsp3) is 0.650. The number of nitrogens with zero attached hydrogens (tertiary/aromatic N) is 1. The van der Waals surface area contributed by atoms with Crippen LogP contribution < -0.4 is 14.8 Å². The van der Waals surface area contributed by atoms with Crippen molar-refractivity contribution in [2.75, 3.05) is 13.7 Å². The second-order valence-corrected chi connectivity index (χ2v) is 7.82. The van der Waals surface area contributed by atoms with Crippen molar-refractivity contribution in [2.45, 2.75) is 58.1 Å². The van der Waals surface area contributed by atoms with Crippen LogP contribution in [0.3, 0.4) is 0 Å². The summed E-state index contributed by atoms with van der Waals surface area (Å²) in [6.07, 6.45) is 6.41. The van der Waals surface area contributed by atoms with Gasteiger partial charge >= 0.3 is 11.6 Å². The maximum absolute atomic E-state index is 12.6. The van der Waals surface area contributed by atoms with Gasteiger partial charge in [0.15, 0.2) is 11.9 Å². The molecule has 3 atom stereocenters. The summed E-state index contributed by atoms with van der Waals surface area (Å²) in [4.78, 5) is 24.2. The molecule has 8 nitrogen and oxygen atoms in total. The Bertz CT molecular complexity index is 704. The number of aromatic hydroxyl groups is 1. The quantitative estimate of drug-likeness (QED) is 0.376. The summed E-state index contributed by atoms with van der Waals surface area (Å²) < 4.78 is 11.0. The first-order chi connectivity index (χ1) is 13.2. The van der Waals surface area contributed by atoms with Gasteiger partial charge in [-0.1, -0.05) is 32.6 Å². The molecule has 1 aromatic heterocycles. The Morgan fingerprint density at radius 3 is 2.68 bits per heavy atom. The van der Waals surface area contributed by atoms with Gasteiger partial charge in [0.1, 0.15) is 11.8 Å². The number of methoxy groups -OCH3 is 1. The second-order valence-electron chi connectivity index (χ2n) is 7.82. The number of carbonyl (C=O) groups excluding carboxylic acids is 2. The van der Waals surface area contributed by atoms with E-state index in [1.165, 1.54) is 45.8 Å². The smallest absolute Gasteiger partial charge is 0.327 e. The molecule has 1 aliphatic rings. The molecule has 0 bridgehead atoms. The molecule has 0 aliphatic heterocycles. The van der Waals surface area contributed by atoms with E-state index in [2.05, 4.69) is 12.2 Å². The minimum absolute atomic E-state index is 0.0136. The minimum Gasteiger partial charge on any atom is -0.618 e. The molecule has 1 heterocycles. The van der Waals surface area contributed by atoms with Gasteiger partial charge in [0.2, 0.25) is 5.75 Å². The largest absolute Gasteiger partial charge is 0.618 e. The van der Waals surface area contributed by atoms with Gasteiger partial charge in [-0.2, -0.15) is 4.73 Å². The predicted octanol–water partition coefficient (Wildman–Crippen LogP) is 1.95. The standard InChI is InChI=1S/C20H30N2O6/c1-13(15-7-5-6-8-15)14(2)28-12-20(3,11-23)21-19(25)17-18(24)16(27-4)9-10-22(17)26/h9-11,13-15,24H,5-8,12H2,1-4H3,(H,21,25)/t13-,14+,20-/m1/s1. The monoisotopic (exact) mass is 394 g/mol. The van der Waals surface area contributed by atoms with Crippen LogP contribution in [0.4, 0.5) is 0 Å². The summed E-state index contributed by atoms with van der Waals surface area (Å²) in [5.41, 5.74) is -1.89. The molecule has 0 spiro atoms. The Morgan fingerprint density at radius 1 is 1.46 bits per heavy atom. The van der Waals surface area contributed by atoms with E-state index < -0.39 is 22.9 Å². The molecule has 1 saturated carbocycles. The van der Waals surface area contributed by atoms with E-state index in [1.807, 2.05) is 6.92 Å². The molecule has 1 fully saturated rings. The van der Waals surface area contributed by atoms with Crippen molar-refractivity contribution in [3.05, 3.63) is 23.2 Å². The van der Waals surface area contributed by atoms with Crippen LogP contribution >= 0.6 is 0 Å². The molecule has 0 unspecified atom stereocenters. The Balaban J connectivity index is 2.05. The molecule has 1 aromatic rings. The van der Waals surface area contributed by atoms with Crippen molar-refractivity contribution in [3.63, 3.8) is 0 Å². The van der Waals surface area contributed by atoms with Crippen LogP contribution in [-0.2, 0) is 9.53 Å². The van der Waals surface area contributed by atoms with Gasteiger partial charge in [-0.25, -0.2) is 0 Å². The fourth-order valence-corrected chi connectivity index (χ4v) is 3.62. The second kappa shape index (κ2) is 9.23. The number of hydrogen-bond donors (Lipinski definition) is 2. The number of hydrogen-bond acceptors (Lipinski definition) is 6. The van der Waals surface area contributed by atoms with Gasteiger partial charge in [-0.3, -0.25) is 4.79 Å². The van der Waals surface area contributed by atoms with Crippen molar-refractivity contribution in [3.8, 4) is 11.5 Å². The summed E-state index contributed by atoms with van der Waals surface area (Å²) in [7, 11) is 1.31. The average Bonchev–Trinajstić information content (AvgIpc) is 3.20. The lowest BCUT2D eigenvalue weighted by molar-refractivity contribution is -0.608. The van der Waals surface area contributed by atoms with Crippen LogP contribution in [-0.4, -0.2) is 42.7 Å². The van der Waals surface area contributed by atoms with Crippen LogP contribution in [0, 0.1) is 17.0 Å². The molecule has 28 heavy (non-hydrogen) atoms. The zero-order valence-corrected chi connectivity index (χ0v) is 16.9. The van der Waals surface area contributed by atoms with E-state index >= 15 is 0 Å². The summed E-state index contributed by atoms with van der Waals surface area (Å²) >= 11 is 0. The highest BCUT2D eigenvalue weighted by Gasteiger charge is 2.34. The third-order valence-electron chi connectivity index (χ3n) is 5.66. The van der Waals surface area contributed by atoms with Crippen LogP contribution in [0.25, 0.3) is 0 Å². The Labute approximate surface area is 165 Å². The first kappa shape index (κ1) is 21.9. The SMILES string of the molecule is COc1cc[n+]([O-])c(C(=O)N[C@](C)(C=O)CO[C@@H](C)[C@@H](C)C2CCCC2)c1O. The van der Waals surface area contributed by atoms with Gasteiger partial charge in [0.25, 0.3) is 0 Å². The molecule has 0 saturated heterocycles. The molecular formula is C20H30N2O6. The first-order valence-electron chi connectivity index (χ1n) is 9.62. The highest BCUT2D eigenvalue weighted by Crippen LogP contribution is 2.34. The maximum Gasteiger partial charge on any atom is 0.327 e. The molecule has 2 rings (SSSR count). The van der Waals surface area contributed by atoms with Crippen LogP contribution in [0.1, 0.15) is 56.9 Å². The number of pyridine rings is 1. The molecule has 2 N–H and O–H groups in total.